The minimum absolute atomic E-state index is 0.158. The molecule has 0 N–H and O–H groups in total. The van der Waals surface area contributed by atoms with E-state index in [-0.39, 0.29) is 24.2 Å². The fraction of sp³-hybridized carbons (Fsp3) is 0.750. The molecule has 1 aliphatic carbocycles. The van der Waals surface area contributed by atoms with Gasteiger partial charge >= 0.3 is 5.97 Å². The molecule has 1 rings (SSSR count). The summed E-state index contributed by atoms with van der Waals surface area (Å²) in [5.41, 5.74) is 0. The van der Waals surface area contributed by atoms with Gasteiger partial charge in [0.1, 0.15) is 18.0 Å². The predicted octanol–water partition coefficient (Wildman–Crippen LogP) is 1.37. The van der Waals surface area contributed by atoms with E-state index in [0.717, 1.165) is 25.5 Å². The first-order chi connectivity index (χ1) is 7.61. The summed E-state index contributed by atoms with van der Waals surface area (Å²) in [7, 11) is 0. The van der Waals surface area contributed by atoms with Crippen molar-refractivity contribution in [3.05, 3.63) is 0 Å². The van der Waals surface area contributed by atoms with Gasteiger partial charge in [-0.15, -0.1) is 0 Å². The highest BCUT2D eigenvalue weighted by Gasteiger charge is 2.40. The first-order valence-electron chi connectivity index (χ1n) is 5.74. The molecule has 0 aliphatic heterocycles. The van der Waals surface area contributed by atoms with Gasteiger partial charge < -0.3 is 9.53 Å². The summed E-state index contributed by atoms with van der Waals surface area (Å²) in [5.74, 6) is -1.75. The van der Waals surface area contributed by atoms with Gasteiger partial charge in [0.2, 0.25) is 0 Å². The zero-order valence-corrected chi connectivity index (χ0v) is 9.77. The van der Waals surface area contributed by atoms with Crippen LogP contribution in [0.25, 0.3) is 0 Å². The molecule has 3 unspecified atom stereocenters. The molecule has 4 heteroatoms. The molecule has 0 radical (unpaired) electrons. The van der Waals surface area contributed by atoms with E-state index in [4.69, 9.17) is 4.74 Å². The number of rotatable bonds is 5. The molecule has 0 aromatic carbocycles. The van der Waals surface area contributed by atoms with Crippen molar-refractivity contribution in [1.29, 1.82) is 0 Å². The van der Waals surface area contributed by atoms with Crippen LogP contribution in [0, 0.1) is 17.8 Å². The lowest BCUT2D eigenvalue weighted by atomic mass is 9.82. The Balaban J connectivity index is 2.80. The second kappa shape index (κ2) is 5.77. The zero-order chi connectivity index (χ0) is 12.1. The minimum atomic E-state index is -0.752. The molecular formula is C12H18O4. The lowest BCUT2D eigenvalue weighted by Gasteiger charge is -2.22. The number of esters is 1. The van der Waals surface area contributed by atoms with Gasteiger partial charge in [0.15, 0.2) is 0 Å². The standard InChI is InChI=1S/C12H18O4/c1-3-16-12(15)11(8(2)14)10-6-4-5-9(10)7-13/h7,9-11H,3-6H2,1-2H3. The number of aldehydes is 1. The van der Waals surface area contributed by atoms with Gasteiger partial charge in [-0.25, -0.2) is 0 Å². The minimum Gasteiger partial charge on any atom is -0.465 e. The van der Waals surface area contributed by atoms with Crippen LogP contribution in [0.15, 0.2) is 0 Å². The molecule has 0 bridgehead atoms. The van der Waals surface area contributed by atoms with Crippen molar-refractivity contribution in [3.63, 3.8) is 0 Å². The Morgan fingerprint density at radius 2 is 2.12 bits per heavy atom. The van der Waals surface area contributed by atoms with Crippen LogP contribution in [0.4, 0.5) is 0 Å². The van der Waals surface area contributed by atoms with E-state index in [0.29, 0.717) is 0 Å². The Kier molecular flexibility index (Phi) is 4.65. The van der Waals surface area contributed by atoms with Crippen molar-refractivity contribution in [2.45, 2.75) is 33.1 Å². The van der Waals surface area contributed by atoms with Crippen molar-refractivity contribution in [2.75, 3.05) is 6.61 Å². The number of hydrogen-bond donors (Lipinski definition) is 0. The Labute approximate surface area is 95.3 Å². The molecule has 90 valence electrons. The van der Waals surface area contributed by atoms with Gasteiger partial charge in [0.25, 0.3) is 0 Å². The van der Waals surface area contributed by atoms with Crippen LogP contribution in [0.5, 0.6) is 0 Å². The quantitative estimate of drug-likeness (QED) is 0.403. The number of carbonyl (C=O) groups is 3. The predicted molar refractivity (Wildman–Crippen MR) is 57.7 cm³/mol. The number of ketones is 1. The van der Waals surface area contributed by atoms with Crippen LogP contribution < -0.4 is 0 Å². The van der Waals surface area contributed by atoms with Crippen LogP contribution in [0.3, 0.4) is 0 Å². The third kappa shape index (κ3) is 2.68. The summed E-state index contributed by atoms with van der Waals surface area (Å²) in [5, 5.41) is 0. The molecule has 1 fully saturated rings. The monoisotopic (exact) mass is 226 g/mol. The summed E-state index contributed by atoms with van der Waals surface area (Å²) in [6.45, 7) is 3.36. The van der Waals surface area contributed by atoms with Crippen molar-refractivity contribution in [3.8, 4) is 0 Å². The third-order valence-corrected chi connectivity index (χ3v) is 3.21. The fourth-order valence-electron chi connectivity index (χ4n) is 2.47. The third-order valence-electron chi connectivity index (χ3n) is 3.21. The Hall–Kier alpha value is -1.19. The lowest BCUT2D eigenvalue weighted by molar-refractivity contribution is -0.154. The second-order valence-electron chi connectivity index (χ2n) is 4.24. The van der Waals surface area contributed by atoms with E-state index in [9.17, 15) is 14.4 Å². The van der Waals surface area contributed by atoms with Gasteiger partial charge in [-0.2, -0.15) is 0 Å². The summed E-state index contributed by atoms with van der Waals surface area (Å²) in [6.07, 6.45) is 3.30. The highest BCUT2D eigenvalue weighted by Crippen LogP contribution is 2.36. The SMILES string of the molecule is CCOC(=O)C(C(C)=O)C1CCCC1C=O. The fourth-order valence-corrected chi connectivity index (χ4v) is 2.47. The number of Topliss-reactive ketones (excluding diaryl/α,β-unsaturated/α-hetero) is 1. The van der Waals surface area contributed by atoms with E-state index in [1.807, 2.05) is 0 Å². The lowest BCUT2D eigenvalue weighted by Crippen LogP contribution is -2.34. The van der Waals surface area contributed by atoms with E-state index >= 15 is 0 Å². The molecule has 1 saturated carbocycles. The maximum absolute atomic E-state index is 11.7. The van der Waals surface area contributed by atoms with Crippen molar-refractivity contribution in [2.24, 2.45) is 17.8 Å². The van der Waals surface area contributed by atoms with E-state index < -0.39 is 11.9 Å². The number of hydrogen-bond acceptors (Lipinski definition) is 4. The van der Waals surface area contributed by atoms with E-state index in [1.165, 1.54) is 6.92 Å². The Morgan fingerprint density at radius 3 is 2.62 bits per heavy atom. The first-order valence-corrected chi connectivity index (χ1v) is 5.74. The van der Waals surface area contributed by atoms with Crippen LogP contribution in [0.1, 0.15) is 33.1 Å². The Bertz CT molecular complexity index is 285. The van der Waals surface area contributed by atoms with Gasteiger partial charge in [-0.1, -0.05) is 6.42 Å². The van der Waals surface area contributed by atoms with Crippen LogP contribution >= 0.6 is 0 Å². The van der Waals surface area contributed by atoms with Gasteiger partial charge in [-0.3, -0.25) is 9.59 Å². The molecule has 0 saturated heterocycles. The maximum atomic E-state index is 11.7. The van der Waals surface area contributed by atoms with E-state index in [2.05, 4.69) is 0 Å². The molecule has 16 heavy (non-hydrogen) atoms. The molecule has 0 amide bonds. The normalized spacial score (nSPS) is 26.1. The first kappa shape index (κ1) is 12.9. The van der Waals surface area contributed by atoms with Gasteiger partial charge in [0, 0.05) is 5.92 Å². The smallest absolute Gasteiger partial charge is 0.316 e. The summed E-state index contributed by atoms with van der Waals surface area (Å²) < 4.78 is 4.89. The number of ether oxygens (including phenoxy) is 1. The highest BCUT2D eigenvalue weighted by atomic mass is 16.5. The van der Waals surface area contributed by atoms with Crippen LogP contribution in [-0.4, -0.2) is 24.6 Å². The van der Waals surface area contributed by atoms with Crippen LogP contribution in [0.2, 0.25) is 0 Å². The van der Waals surface area contributed by atoms with Crippen LogP contribution in [-0.2, 0) is 19.1 Å². The molecule has 0 aromatic rings. The van der Waals surface area contributed by atoms with Gasteiger partial charge in [0.05, 0.1) is 6.61 Å². The summed E-state index contributed by atoms with van der Waals surface area (Å²) in [6, 6.07) is 0. The average molecular weight is 226 g/mol. The highest BCUT2D eigenvalue weighted by molar-refractivity contribution is 5.98. The van der Waals surface area contributed by atoms with Crippen molar-refractivity contribution < 1.29 is 19.1 Å². The van der Waals surface area contributed by atoms with E-state index in [1.54, 1.807) is 6.92 Å². The molecule has 3 atom stereocenters. The van der Waals surface area contributed by atoms with Crippen molar-refractivity contribution in [1.82, 2.24) is 0 Å². The second-order valence-corrected chi connectivity index (χ2v) is 4.24. The van der Waals surface area contributed by atoms with Crippen molar-refractivity contribution >= 4 is 18.0 Å². The number of carbonyl (C=O) groups excluding carboxylic acids is 3. The molecule has 0 spiro atoms. The molecule has 1 aliphatic rings. The maximum Gasteiger partial charge on any atom is 0.316 e. The Morgan fingerprint density at radius 1 is 1.44 bits per heavy atom. The topological polar surface area (TPSA) is 60.4 Å². The average Bonchev–Trinajstić information content (AvgIpc) is 2.66. The molecule has 4 nitrogen and oxygen atoms in total. The zero-order valence-electron chi connectivity index (χ0n) is 9.77. The summed E-state index contributed by atoms with van der Waals surface area (Å²) >= 11 is 0. The summed E-state index contributed by atoms with van der Waals surface area (Å²) in [4.78, 5) is 34.0. The molecule has 0 heterocycles. The molecule has 0 aromatic heterocycles. The van der Waals surface area contributed by atoms with Gasteiger partial charge in [-0.05, 0) is 32.6 Å². The molecular weight excluding hydrogens is 208 g/mol. The largest absolute Gasteiger partial charge is 0.465 e.